The molecule has 0 bridgehead atoms. The van der Waals surface area contributed by atoms with Crippen LogP contribution in [0.25, 0.3) is 0 Å². The third-order valence-electron chi connectivity index (χ3n) is 4.30. The first-order valence-electron chi connectivity index (χ1n) is 10.0. The maximum atomic E-state index is 12.9. The zero-order valence-electron chi connectivity index (χ0n) is 18.9. The maximum Gasteiger partial charge on any atom is 0.366 e. The fraction of sp³-hybridized carbons (Fsp3) is 0.350. The topological polar surface area (TPSA) is 172 Å². The normalized spacial score (nSPS) is 13.6. The lowest BCUT2D eigenvalue weighted by Gasteiger charge is -2.23. The molecule has 0 heterocycles. The van der Waals surface area contributed by atoms with Crippen molar-refractivity contribution in [1.82, 2.24) is 5.09 Å². The number of benzene rings is 2. The highest BCUT2D eigenvalue weighted by Crippen LogP contribution is 2.42. The SMILES string of the molecule is COP(=O)(Nc1ccc(COc2ccc([N+](=O)[O-])cc2[N+](=O)[O-])cc1)N[C@@H](C)C(=O)OC(C)C. The van der Waals surface area contributed by atoms with Gasteiger partial charge in [-0.3, -0.25) is 25.0 Å². The number of anilines is 1. The average Bonchev–Trinajstić information content (AvgIpc) is 2.77. The predicted octanol–water partition coefficient (Wildman–Crippen LogP) is 4.18. The number of esters is 1. The average molecular weight is 496 g/mol. The summed E-state index contributed by atoms with van der Waals surface area (Å²) < 4.78 is 28.5. The van der Waals surface area contributed by atoms with Crippen molar-refractivity contribution in [3.63, 3.8) is 0 Å². The van der Waals surface area contributed by atoms with Crippen LogP contribution in [0.4, 0.5) is 17.1 Å². The summed E-state index contributed by atoms with van der Waals surface area (Å²) in [5.41, 5.74) is 0.0848. The summed E-state index contributed by atoms with van der Waals surface area (Å²) in [5.74, 6) is -0.699. The zero-order chi connectivity index (χ0) is 25.5. The Morgan fingerprint density at radius 2 is 1.71 bits per heavy atom. The Hall–Kier alpha value is -3.54. The van der Waals surface area contributed by atoms with Crippen LogP contribution < -0.4 is 14.9 Å². The number of nitro benzene ring substituents is 2. The molecule has 0 aliphatic rings. The van der Waals surface area contributed by atoms with Crippen LogP contribution >= 0.6 is 7.67 Å². The zero-order valence-corrected chi connectivity index (χ0v) is 19.8. The first kappa shape index (κ1) is 26.7. The van der Waals surface area contributed by atoms with Gasteiger partial charge in [-0.2, -0.15) is 0 Å². The molecule has 2 aromatic rings. The quantitative estimate of drug-likeness (QED) is 0.187. The number of rotatable bonds is 12. The second-order valence-electron chi connectivity index (χ2n) is 7.33. The van der Waals surface area contributed by atoms with Gasteiger partial charge in [-0.1, -0.05) is 12.1 Å². The molecular formula is C20H25N4O9P. The number of nitro groups is 2. The van der Waals surface area contributed by atoms with Crippen LogP contribution in [0.1, 0.15) is 26.3 Å². The molecule has 2 atom stereocenters. The molecule has 0 saturated heterocycles. The molecule has 0 aliphatic carbocycles. The van der Waals surface area contributed by atoms with Crippen molar-refractivity contribution < 1.29 is 33.2 Å². The monoisotopic (exact) mass is 496 g/mol. The molecule has 14 heteroatoms. The number of carbonyl (C=O) groups excluding carboxylic acids is 1. The minimum Gasteiger partial charge on any atom is -0.482 e. The highest BCUT2D eigenvalue weighted by molar-refractivity contribution is 7.58. The summed E-state index contributed by atoms with van der Waals surface area (Å²) in [6.45, 7) is 4.83. The summed E-state index contributed by atoms with van der Waals surface area (Å²) in [6, 6.07) is 8.61. The van der Waals surface area contributed by atoms with Crippen molar-refractivity contribution in [3.05, 3.63) is 68.3 Å². The van der Waals surface area contributed by atoms with E-state index in [0.717, 1.165) is 18.2 Å². The molecule has 184 valence electrons. The Bertz CT molecular complexity index is 1090. The van der Waals surface area contributed by atoms with E-state index in [9.17, 15) is 29.6 Å². The lowest BCUT2D eigenvalue weighted by Crippen LogP contribution is -2.36. The van der Waals surface area contributed by atoms with E-state index in [-0.39, 0.29) is 18.5 Å². The van der Waals surface area contributed by atoms with E-state index in [1.165, 1.54) is 14.0 Å². The van der Waals surface area contributed by atoms with Crippen molar-refractivity contribution in [1.29, 1.82) is 0 Å². The third kappa shape index (κ3) is 7.51. The fourth-order valence-corrected chi connectivity index (χ4v) is 4.03. The van der Waals surface area contributed by atoms with Crippen molar-refractivity contribution in [2.45, 2.75) is 39.5 Å². The molecular weight excluding hydrogens is 471 g/mol. The largest absolute Gasteiger partial charge is 0.482 e. The van der Waals surface area contributed by atoms with Crippen LogP contribution in [0.2, 0.25) is 0 Å². The first-order chi connectivity index (χ1) is 15.9. The first-order valence-corrected chi connectivity index (χ1v) is 11.6. The number of nitrogens with zero attached hydrogens (tertiary/aromatic N) is 2. The van der Waals surface area contributed by atoms with E-state index in [0.29, 0.717) is 11.3 Å². The van der Waals surface area contributed by atoms with Gasteiger partial charge in [0.2, 0.25) is 0 Å². The van der Waals surface area contributed by atoms with Gasteiger partial charge in [-0.15, -0.1) is 0 Å². The number of ether oxygens (including phenoxy) is 2. The fourth-order valence-electron chi connectivity index (χ4n) is 2.66. The number of non-ortho nitro benzene ring substituents is 1. The third-order valence-corrected chi connectivity index (χ3v) is 6.09. The van der Waals surface area contributed by atoms with Gasteiger partial charge in [-0.25, -0.2) is 9.65 Å². The van der Waals surface area contributed by atoms with Crippen LogP contribution in [-0.4, -0.2) is 35.1 Å². The van der Waals surface area contributed by atoms with Crippen LogP contribution in [0.15, 0.2) is 42.5 Å². The van der Waals surface area contributed by atoms with E-state index in [4.69, 9.17) is 14.0 Å². The Kier molecular flexibility index (Phi) is 9.07. The molecule has 0 aliphatic heterocycles. The van der Waals surface area contributed by atoms with Crippen molar-refractivity contribution in [2.24, 2.45) is 0 Å². The Labute approximate surface area is 195 Å². The smallest absolute Gasteiger partial charge is 0.366 e. The van der Waals surface area contributed by atoms with Gasteiger partial charge in [0, 0.05) is 18.9 Å². The van der Waals surface area contributed by atoms with Crippen LogP contribution in [-0.2, 0) is 25.2 Å². The van der Waals surface area contributed by atoms with Gasteiger partial charge >= 0.3 is 19.3 Å². The van der Waals surface area contributed by atoms with E-state index in [2.05, 4.69) is 10.2 Å². The molecule has 0 aromatic heterocycles. The van der Waals surface area contributed by atoms with E-state index in [1.54, 1.807) is 38.1 Å². The second kappa shape index (κ2) is 11.5. The van der Waals surface area contributed by atoms with Gasteiger partial charge in [0.15, 0.2) is 5.75 Å². The van der Waals surface area contributed by atoms with Crippen molar-refractivity contribution >= 4 is 30.7 Å². The molecule has 0 spiro atoms. The number of nitrogens with one attached hydrogen (secondary N) is 2. The summed E-state index contributed by atoms with van der Waals surface area (Å²) >= 11 is 0. The second-order valence-corrected chi connectivity index (χ2v) is 9.28. The number of hydrogen-bond acceptors (Lipinski definition) is 9. The van der Waals surface area contributed by atoms with Crippen LogP contribution in [0.3, 0.4) is 0 Å². The maximum absolute atomic E-state index is 12.9. The lowest BCUT2D eigenvalue weighted by atomic mass is 10.2. The molecule has 0 fully saturated rings. The number of hydrogen-bond donors (Lipinski definition) is 2. The molecule has 2 aromatic carbocycles. The Balaban J connectivity index is 2.05. The van der Waals surface area contributed by atoms with E-state index >= 15 is 0 Å². The van der Waals surface area contributed by atoms with E-state index in [1.807, 2.05) is 0 Å². The molecule has 13 nitrogen and oxygen atoms in total. The molecule has 0 radical (unpaired) electrons. The van der Waals surface area contributed by atoms with E-state index < -0.39 is 40.9 Å². The van der Waals surface area contributed by atoms with Crippen molar-refractivity contribution in [3.8, 4) is 5.75 Å². The predicted molar refractivity (Wildman–Crippen MR) is 123 cm³/mol. The summed E-state index contributed by atoms with van der Waals surface area (Å²) in [5, 5.41) is 27.3. The summed E-state index contributed by atoms with van der Waals surface area (Å²) in [6.07, 6.45) is -0.325. The van der Waals surface area contributed by atoms with Gasteiger partial charge in [0.1, 0.15) is 12.6 Å². The molecule has 34 heavy (non-hydrogen) atoms. The van der Waals surface area contributed by atoms with Crippen LogP contribution in [0, 0.1) is 20.2 Å². The van der Waals surface area contributed by atoms with Crippen molar-refractivity contribution in [2.75, 3.05) is 12.2 Å². The molecule has 2 rings (SSSR count). The lowest BCUT2D eigenvalue weighted by molar-refractivity contribution is -0.394. The Morgan fingerprint density at radius 3 is 2.24 bits per heavy atom. The molecule has 0 amide bonds. The minimum absolute atomic E-state index is 0.0583. The molecule has 1 unspecified atom stereocenters. The van der Waals surface area contributed by atoms with Gasteiger partial charge in [-0.05, 0) is 44.5 Å². The van der Waals surface area contributed by atoms with Crippen LogP contribution in [0.5, 0.6) is 5.75 Å². The van der Waals surface area contributed by atoms with Gasteiger partial charge in [0.25, 0.3) is 5.69 Å². The molecule has 0 saturated carbocycles. The van der Waals surface area contributed by atoms with Gasteiger partial charge in [0.05, 0.1) is 22.0 Å². The minimum atomic E-state index is -3.65. The summed E-state index contributed by atoms with van der Waals surface area (Å²) in [7, 11) is -2.42. The van der Waals surface area contributed by atoms with Gasteiger partial charge < -0.3 is 19.1 Å². The highest BCUT2D eigenvalue weighted by atomic mass is 31.2. The Morgan fingerprint density at radius 1 is 1.06 bits per heavy atom. The molecule has 2 N–H and O–H groups in total. The summed E-state index contributed by atoms with van der Waals surface area (Å²) in [4.78, 5) is 32.5. The standard InChI is InChI=1S/C20H25N4O9P/c1-13(2)33-20(25)14(3)21-34(30,31-4)22-16-7-5-15(6-8-16)12-32-19-10-9-17(23(26)27)11-18(19)24(28)29/h5-11,13-14H,12H2,1-4H3,(H2,21,22,30)/t14-,34?/m0/s1. The highest BCUT2D eigenvalue weighted by Gasteiger charge is 2.28. The number of carbonyl (C=O) groups is 1.